The second kappa shape index (κ2) is 4.29. The molecule has 1 saturated carbocycles. The Morgan fingerprint density at radius 1 is 1.24 bits per heavy atom. The van der Waals surface area contributed by atoms with Gasteiger partial charge in [-0.1, -0.05) is 28.4 Å². The molecule has 92 valence electrons. The Morgan fingerprint density at radius 3 is 2.76 bits per heavy atom. The summed E-state index contributed by atoms with van der Waals surface area (Å²) in [6, 6.07) is 6.32. The van der Waals surface area contributed by atoms with Crippen LogP contribution in [0.4, 0.5) is 0 Å². The van der Waals surface area contributed by atoms with Gasteiger partial charge in [-0.15, -0.1) is 0 Å². The predicted octanol–water partition coefficient (Wildman–Crippen LogP) is 3.93. The number of halogens is 1. The molecule has 3 rings (SSSR count). The highest BCUT2D eigenvalue weighted by molar-refractivity contribution is 9.10. The summed E-state index contributed by atoms with van der Waals surface area (Å²) < 4.78 is 7.37. The van der Waals surface area contributed by atoms with Gasteiger partial charge in [0.1, 0.15) is 11.4 Å². The highest BCUT2D eigenvalue weighted by Gasteiger charge is 2.40. The van der Waals surface area contributed by atoms with Crippen LogP contribution in [-0.2, 0) is 0 Å². The first kappa shape index (κ1) is 11.5. The van der Waals surface area contributed by atoms with Crippen molar-refractivity contribution in [3.8, 4) is 5.75 Å². The highest BCUT2D eigenvalue weighted by atomic mass is 79.9. The molecule has 1 aromatic carbocycles. The van der Waals surface area contributed by atoms with Crippen LogP contribution in [-0.4, -0.2) is 5.60 Å². The molecule has 0 aromatic heterocycles. The average Bonchev–Trinajstić information content (AvgIpc) is 2.29. The van der Waals surface area contributed by atoms with E-state index in [1.807, 2.05) is 6.07 Å². The van der Waals surface area contributed by atoms with Crippen LogP contribution in [0.15, 0.2) is 22.7 Å². The fraction of sp³-hybridized carbons (Fsp3) is 0.571. The second-order valence-corrected chi connectivity index (χ2v) is 6.25. The van der Waals surface area contributed by atoms with E-state index in [4.69, 9.17) is 10.5 Å². The molecule has 3 heteroatoms. The number of nitrogens with two attached hydrogens (primary N) is 1. The zero-order valence-corrected chi connectivity index (χ0v) is 11.5. The molecule has 0 saturated heterocycles. The molecule has 1 fully saturated rings. The first-order valence-corrected chi connectivity index (χ1v) is 7.22. The molecule has 1 aliphatic heterocycles. The summed E-state index contributed by atoms with van der Waals surface area (Å²) in [5.41, 5.74) is 7.48. The third kappa shape index (κ3) is 2.11. The van der Waals surface area contributed by atoms with E-state index in [0.717, 1.165) is 35.0 Å². The third-order valence-corrected chi connectivity index (χ3v) is 4.55. The molecule has 17 heavy (non-hydrogen) atoms. The predicted molar refractivity (Wildman–Crippen MR) is 72.1 cm³/mol. The van der Waals surface area contributed by atoms with Crippen LogP contribution in [0.3, 0.4) is 0 Å². The van der Waals surface area contributed by atoms with Gasteiger partial charge >= 0.3 is 0 Å². The summed E-state index contributed by atoms with van der Waals surface area (Å²) >= 11 is 3.50. The molecular formula is C14H18BrNO. The molecule has 0 unspecified atom stereocenters. The fourth-order valence-electron chi connectivity index (χ4n) is 3.19. The van der Waals surface area contributed by atoms with Gasteiger partial charge in [0.05, 0.1) is 0 Å². The maximum absolute atomic E-state index is 6.31. The highest BCUT2D eigenvalue weighted by Crippen LogP contribution is 2.45. The molecule has 0 radical (unpaired) electrons. The monoisotopic (exact) mass is 295 g/mol. The number of rotatable bonds is 0. The van der Waals surface area contributed by atoms with Crippen LogP contribution in [0.2, 0.25) is 0 Å². The lowest BCUT2D eigenvalue weighted by Crippen LogP contribution is -2.44. The van der Waals surface area contributed by atoms with Crippen LogP contribution in [0, 0.1) is 0 Å². The Labute approximate surface area is 111 Å². The normalized spacial score (nSPS) is 26.4. The van der Waals surface area contributed by atoms with Crippen molar-refractivity contribution < 1.29 is 4.74 Å². The third-order valence-electron chi connectivity index (χ3n) is 4.06. The molecular weight excluding hydrogens is 278 g/mol. The fourth-order valence-corrected chi connectivity index (χ4v) is 3.53. The van der Waals surface area contributed by atoms with E-state index in [2.05, 4.69) is 28.1 Å². The van der Waals surface area contributed by atoms with Crippen molar-refractivity contribution in [3.05, 3.63) is 28.2 Å². The molecule has 0 bridgehead atoms. The summed E-state index contributed by atoms with van der Waals surface area (Å²) in [6.45, 7) is 0. The maximum Gasteiger partial charge on any atom is 0.126 e. The van der Waals surface area contributed by atoms with Crippen molar-refractivity contribution in [3.63, 3.8) is 0 Å². The van der Waals surface area contributed by atoms with Gasteiger partial charge in [0.25, 0.3) is 0 Å². The number of hydrogen-bond donors (Lipinski definition) is 1. The Hall–Kier alpha value is -0.540. The van der Waals surface area contributed by atoms with E-state index >= 15 is 0 Å². The Kier molecular flexibility index (Phi) is 2.91. The molecule has 1 aromatic rings. The second-order valence-electron chi connectivity index (χ2n) is 5.34. The number of benzene rings is 1. The van der Waals surface area contributed by atoms with Crippen molar-refractivity contribution in [2.45, 2.75) is 50.2 Å². The molecule has 2 aliphatic rings. The van der Waals surface area contributed by atoms with Crippen LogP contribution in [0.25, 0.3) is 0 Å². The Bertz CT molecular complexity index is 426. The SMILES string of the molecule is N[C@H]1CC2(CCCCC2)Oc2cc(Br)ccc21. The largest absolute Gasteiger partial charge is 0.487 e. The van der Waals surface area contributed by atoms with Gasteiger partial charge in [0.2, 0.25) is 0 Å². The van der Waals surface area contributed by atoms with Gasteiger partial charge in [-0.3, -0.25) is 0 Å². The van der Waals surface area contributed by atoms with Gasteiger partial charge in [-0.2, -0.15) is 0 Å². The molecule has 0 amide bonds. The number of fused-ring (bicyclic) bond motifs is 1. The first-order valence-electron chi connectivity index (χ1n) is 6.43. The van der Waals surface area contributed by atoms with Crippen LogP contribution in [0.1, 0.15) is 50.1 Å². The summed E-state index contributed by atoms with van der Waals surface area (Å²) in [7, 11) is 0. The van der Waals surface area contributed by atoms with Crippen LogP contribution >= 0.6 is 15.9 Å². The van der Waals surface area contributed by atoms with Gasteiger partial charge in [-0.25, -0.2) is 0 Å². The minimum Gasteiger partial charge on any atom is -0.487 e. The average molecular weight is 296 g/mol. The Balaban J connectivity index is 1.95. The lowest BCUT2D eigenvalue weighted by molar-refractivity contribution is 0.00189. The molecule has 1 spiro atoms. The summed E-state index contributed by atoms with van der Waals surface area (Å²) in [4.78, 5) is 0. The van der Waals surface area contributed by atoms with Gasteiger partial charge in [0.15, 0.2) is 0 Å². The lowest BCUT2D eigenvalue weighted by Gasteiger charge is -2.43. The van der Waals surface area contributed by atoms with Crippen molar-refractivity contribution in [1.82, 2.24) is 0 Å². The molecule has 1 aliphatic carbocycles. The van der Waals surface area contributed by atoms with E-state index in [1.165, 1.54) is 19.3 Å². The van der Waals surface area contributed by atoms with Crippen molar-refractivity contribution in [2.75, 3.05) is 0 Å². The van der Waals surface area contributed by atoms with E-state index in [9.17, 15) is 0 Å². The smallest absolute Gasteiger partial charge is 0.126 e. The maximum atomic E-state index is 6.31. The van der Waals surface area contributed by atoms with Crippen molar-refractivity contribution in [2.24, 2.45) is 5.73 Å². The lowest BCUT2D eigenvalue weighted by atomic mass is 9.77. The van der Waals surface area contributed by atoms with Gasteiger partial charge < -0.3 is 10.5 Å². The van der Waals surface area contributed by atoms with Gasteiger partial charge in [0, 0.05) is 22.5 Å². The number of hydrogen-bond acceptors (Lipinski definition) is 2. The minimum absolute atomic E-state index is 0.0193. The standard InChI is InChI=1S/C14H18BrNO/c15-10-4-5-11-12(16)9-14(17-13(11)8-10)6-2-1-3-7-14/h4-5,8,12H,1-3,6-7,9,16H2/t12-/m0/s1. The Morgan fingerprint density at radius 2 is 2.00 bits per heavy atom. The van der Waals surface area contributed by atoms with E-state index in [-0.39, 0.29) is 11.6 Å². The quantitative estimate of drug-likeness (QED) is 0.787. The first-order chi connectivity index (χ1) is 8.19. The van der Waals surface area contributed by atoms with E-state index < -0.39 is 0 Å². The molecule has 2 N–H and O–H groups in total. The molecule has 2 nitrogen and oxygen atoms in total. The molecule has 1 atom stereocenters. The van der Waals surface area contributed by atoms with Crippen molar-refractivity contribution in [1.29, 1.82) is 0 Å². The molecule has 1 heterocycles. The van der Waals surface area contributed by atoms with Gasteiger partial charge in [-0.05, 0) is 37.8 Å². The van der Waals surface area contributed by atoms with Crippen LogP contribution < -0.4 is 10.5 Å². The zero-order chi connectivity index (χ0) is 11.9. The summed E-state index contributed by atoms with van der Waals surface area (Å²) in [5, 5.41) is 0. The number of ether oxygens (including phenoxy) is 1. The van der Waals surface area contributed by atoms with E-state index in [1.54, 1.807) is 0 Å². The topological polar surface area (TPSA) is 35.2 Å². The summed E-state index contributed by atoms with van der Waals surface area (Å²) in [5.74, 6) is 0.986. The van der Waals surface area contributed by atoms with Crippen molar-refractivity contribution >= 4 is 15.9 Å². The van der Waals surface area contributed by atoms with E-state index in [0.29, 0.717) is 0 Å². The minimum atomic E-state index is 0.0193. The zero-order valence-electron chi connectivity index (χ0n) is 9.92. The summed E-state index contributed by atoms with van der Waals surface area (Å²) in [6.07, 6.45) is 7.18. The van der Waals surface area contributed by atoms with Crippen LogP contribution in [0.5, 0.6) is 5.75 Å².